The smallest absolute Gasteiger partial charge is 0.420 e. The Morgan fingerprint density at radius 1 is 1.37 bits per heavy atom. The number of carbonyl (C=O) groups is 2. The molecule has 10 nitrogen and oxygen atoms in total. The number of imide groups is 1. The molecule has 0 aliphatic rings. The van der Waals surface area contributed by atoms with Gasteiger partial charge in [0, 0.05) is 23.9 Å². The Labute approximate surface area is 155 Å². The molecule has 2 rings (SSSR count). The number of carbonyl (C=O) groups excluding carboxylic acids is 1. The summed E-state index contributed by atoms with van der Waals surface area (Å²) in [5.41, 5.74) is 0.382. The van der Waals surface area contributed by atoms with E-state index in [0.717, 1.165) is 5.56 Å². The van der Waals surface area contributed by atoms with Crippen molar-refractivity contribution in [1.29, 1.82) is 0 Å². The highest BCUT2D eigenvalue weighted by Gasteiger charge is 2.28. The van der Waals surface area contributed by atoms with E-state index in [0.29, 0.717) is 10.6 Å². The number of aromatic nitrogens is 2. The number of non-ortho nitro benzene ring substituents is 1. The first-order chi connectivity index (χ1) is 12.5. The van der Waals surface area contributed by atoms with E-state index < -0.39 is 29.3 Å². The Morgan fingerprint density at radius 2 is 2.04 bits per heavy atom. The average Bonchev–Trinajstić information content (AvgIpc) is 2.96. The molecule has 1 N–H and O–H groups in total. The van der Waals surface area contributed by atoms with Crippen LogP contribution in [0.25, 0.3) is 5.69 Å². The van der Waals surface area contributed by atoms with Crippen LogP contribution in [0.5, 0.6) is 0 Å². The monoisotopic (exact) mass is 376 g/mol. The van der Waals surface area contributed by atoms with Crippen molar-refractivity contribution in [3.8, 4) is 5.69 Å². The maximum absolute atomic E-state index is 12.2. The molecule has 0 aliphatic carbocycles. The van der Waals surface area contributed by atoms with Crippen molar-refractivity contribution in [2.24, 2.45) is 0 Å². The van der Waals surface area contributed by atoms with Gasteiger partial charge in [0.2, 0.25) is 0 Å². The third-order valence-electron chi connectivity index (χ3n) is 3.41. The molecule has 0 saturated heterocycles. The van der Waals surface area contributed by atoms with Crippen LogP contribution in [0.2, 0.25) is 0 Å². The van der Waals surface area contributed by atoms with E-state index in [9.17, 15) is 24.8 Å². The Kier molecular flexibility index (Phi) is 5.48. The number of ether oxygens (including phenoxy) is 1. The van der Waals surface area contributed by atoms with Crippen LogP contribution in [0.15, 0.2) is 30.6 Å². The lowest BCUT2D eigenvalue weighted by molar-refractivity contribution is -0.384. The SMILES string of the molecule is Cc1cnn(-c2ccc([N+](=O)[O-])cc2CN(C(=O)O)C(=O)OC(C)(C)C)c1. The summed E-state index contributed by atoms with van der Waals surface area (Å²) in [7, 11) is 0. The maximum atomic E-state index is 12.2. The minimum absolute atomic E-state index is 0.229. The molecule has 1 aromatic carbocycles. The molecule has 1 heterocycles. The van der Waals surface area contributed by atoms with Gasteiger partial charge in [0.1, 0.15) is 5.60 Å². The van der Waals surface area contributed by atoms with E-state index in [1.165, 1.54) is 22.9 Å². The zero-order chi connectivity index (χ0) is 20.4. The fraction of sp³-hybridized carbons (Fsp3) is 0.353. The summed E-state index contributed by atoms with van der Waals surface area (Å²) < 4.78 is 6.57. The quantitative estimate of drug-likeness (QED) is 0.639. The van der Waals surface area contributed by atoms with Crippen LogP contribution in [0, 0.1) is 17.0 Å². The zero-order valence-corrected chi connectivity index (χ0v) is 15.4. The minimum atomic E-state index is -1.53. The fourth-order valence-electron chi connectivity index (χ4n) is 2.28. The lowest BCUT2D eigenvalue weighted by Gasteiger charge is -2.25. The molecule has 144 valence electrons. The molecule has 0 aliphatic heterocycles. The molecule has 0 unspecified atom stereocenters. The topological polar surface area (TPSA) is 128 Å². The van der Waals surface area contributed by atoms with Crippen molar-refractivity contribution in [3.63, 3.8) is 0 Å². The first-order valence-electron chi connectivity index (χ1n) is 8.00. The predicted octanol–water partition coefficient (Wildman–Crippen LogP) is 3.50. The lowest BCUT2D eigenvalue weighted by Crippen LogP contribution is -2.39. The second-order valence-electron chi connectivity index (χ2n) is 6.88. The van der Waals surface area contributed by atoms with Gasteiger partial charge < -0.3 is 9.84 Å². The van der Waals surface area contributed by atoms with E-state index in [2.05, 4.69) is 5.10 Å². The third-order valence-corrected chi connectivity index (χ3v) is 3.41. The number of carboxylic acid groups (broad SMARTS) is 1. The molecule has 0 saturated carbocycles. The second kappa shape index (κ2) is 7.44. The van der Waals surface area contributed by atoms with Crippen LogP contribution in [-0.2, 0) is 11.3 Å². The summed E-state index contributed by atoms with van der Waals surface area (Å²) >= 11 is 0. The molecule has 0 fully saturated rings. The highest BCUT2D eigenvalue weighted by molar-refractivity contribution is 5.87. The molecule has 0 bridgehead atoms. The van der Waals surface area contributed by atoms with Crippen molar-refractivity contribution < 1.29 is 24.4 Å². The number of nitro groups is 1. The van der Waals surface area contributed by atoms with Gasteiger partial charge in [-0.25, -0.2) is 19.2 Å². The van der Waals surface area contributed by atoms with Crippen LogP contribution in [-0.4, -0.2) is 42.5 Å². The molecule has 27 heavy (non-hydrogen) atoms. The Bertz CT molecular complexity index is 884. The first-order valence-corrected chi connectivity index (χ1v) is 8.00. The van der Waals surface area contributed by atoms with Crippen LogP contribution in [0.1, 0.15) is 31.9 Å². The van der Waals surface area contributed by atoms with E-state index in [4.69, 9.17) is 4.74 Å². The lowest BCUT2D eigenvalue weighted by atomic mass is 10.1. The van der Waals surface area contributed by atoms with Gasteiger partial charge in [0.15, 0.2) is 0 Å². The van der Waals surface area contributed by atoms with Gasteiger partial charge in [-0.2, -0.15) is 5.10 Å². The molecule has 0 radical (unpaired) electrons. The van der Waals surface area contributed by atoms with Gasteiger partial charge in [-0.3, -0.25) is 10.1 Å². The predicted molar refractivity (Wildman–Crippen MR) is 94.8 cm³/mol. The number of rotatable bonds is 4. The summed E-state index contributed by atoms with van der Waals surface area (Å²) in [6.07, 6.45) is 0.680. The van der Waals surface area contributed by atoms with Crippen molar-refractivity contribution >= 4 is 17.9 Å². The summed E-state index contributed by atoms with van der Waals surface area (Å²) in [6, 6.07) is 3.95. The van der Waals surface area contributed by atoms with Crippen LogP contribution in [0.3, 0.4) is 0 Å². The molecule has 0 atom stereocenters. The number of benzene rings is 1. The minimum Gasteiger partial charge on any atom is -0.465 e. The molecule has 10 heteroatoms. The molecular weight excluding hydrogens is 356 g/mol. The molecular formula is C17H20N4O6. The zero-order valence-electron chi connectivity index (χ0n) is 15.4. The van der Waals surface area contributed by atoms with E-state index in [-0.39, 0.29) is 11.3 Å². The molecule has 2 amide bonds. The van der Waals surface area contributed by atoms with Gasteiger partial charge >= 0.3 is 12.2 Å². The highest BCUT2D eigenvalue weighted by Crippen LogP contribution is 2.24. The number of nitrogens with zero attached hydrogens (tertiary/aromatic N) is 4. The Morgan fingerprint density at radius 3 is 2.52 bits per heavy atom. The average molecular weight is 376 g/mol. The number of amides is 2. The van der Waals surface area contributed by atoms with Crippen LogP contribution in [0.4, 0.5) is 15.3 Å². The van der Waals surface area contributed by atoms with Crippen molar-refractivity contribution in [2.75, 3.05) is 0 Å². The standard InChI is InChI=1S/C17H20N4O6/c1-11-8-18-20(9-11)14-6-5-13(21(25)26)7-12(14)10-19(15(22)23)16(24)27-17(2,3)4/h5-9H,10H2,1-4H3,(H,22,23). The largest absolute Gasteiger partial charge is 0.465 e. The van der Waals surface area contributed by atoms with E-state index >= 15 is 0 Å². The molecule has 2 aromatic rings. The summed E-state index contributed by atoms with van der Waals surface area (Å²) in [5.74, 6) is 0. The molecule has 0 spiro atoms. The maximum Gasteiger partial charge on any atom is 0.420 e. The number of aryl methyl sites for hydroxylation is 1. The normalized spacial score (nSPS) is 11.1. The summed E-state index contributed by atoms with van der Waals surface area (Å²) in [6.45, 7) is 6.21. The van der Waals surface area contributed by atoms with E-state index in [1.54, 1.807) is 33.2 Å². The van der Waals surface area contributed by atoms with E-state index in [1.807, 2.05) is 6.92 Å². The Hall–Kier alpha value is -3.43. The van der Waals surface area contributed by atoms with Crippen LogP contribution < -0.4 is 0 Å². The van der Waals surface area contributed by atoms with Gasteiger partial charge in [0.25, 0.3) is 5.69 Å². The summed E-state index contributed by atoms with van der Waals surface area (Å²) in [5, 5.41) is 24.7. The highest BCUT2D eigenvalue weighted by atomic mass is 16.6. The van der Waals surface area contributed by atoms with Gasteiger partial charge in [-0.1, -0.05) is 0 Å². The third kappa shape index (κ3) is 5.03. The number of hydrogen-bond donors (Lipinski definition) is 1. The van der Waals surface area contributed by atoms with Crippen molar-refractivity contribution in [1.82, 2.24) is 14.7 Å². The fourth-order valence-corrected chi connectivity index (χ4v) is 2.28. The number of nitro benzene ring substituents is 1. The van der Waals surface area contributed by atoms with Crippen molar-refractivity contribution in [3.05, 3.63) is 51.8 Å². The molecule has 1 aromatic heterocycles. The van der Waals surface area contributed by atoms with Crippen molar-refractivity contribution in [2.45, 2.75) is 39.8 Å². The van der Waals surface area contributed by atoms with Gasteiger partial charge in [-0.15, -0.1) is 0 Å². The van der Waals surface area contributed by atoms with Crippen LogP contribution >= 0.6 is 0 Å². The van der Waals surface area contributed by atoms with Gasteiger partial charge in [0.05, 0.1) is 23.4 Å². The number of hydrogen-bond acceptors (Lipinski definition) is 6. The summed E-state index contributed by atoms with van der Waals surface area (Å²) in [4.78, 5) is 34.8. The second-order valence-corrected chi connectivity index (χ2v) is 6.88. The first kappa shape index (κ1) is 19.9. The van der Waals surface area contributed by atoms with Gasteiger partial charge in [-0.05, 0) is 39.3 Å². The Balaban J connectivity index is 2.46.